The van der Waals surface area contributed by atoms with Crippen LogP contribution in [-0.2, 0) is 14.3 Å². The lowest BCUT2D eigenvalue weighted by Crippen LogP contribution is -2.08. The second-order valence-corrected chi connectivity index (χ2v) is 1.98. The standard InChI is InChI=1S/C8H10O3/c1-4-11-8(10)7(5-9)6(2)3/h2,4H2,1,3H3. The lowest BCUT2D eigenvalue weighted by molar-refractivity contribution is -0.138. The van der Waals surface area contributed by atoms with Gasteiger partial charge in [0.1, 0.15) is 11.5 Å². The minimum absolute atomic E-state index is 0.119. The monoisotopic (exact) mass is 154 g/mol. The van der Waals surface area contributed by atoms with Crippen LogP contribution in [0.4, 0.5) is 0 Å². The number of carbonyl (C=O) groups is 1. The number of rotatable bonds is 3. The fraction of sp³-hybridized carbons (Fsp3) is 0.375. The fourth-order valence-electron chi connectivity index (χ4n) is 0.506. The van der Waals surface area contributed by atoms with E-state index >= 15 is 0 Å². The molecule has 0 amide bonds. The highest BCUT2D eigenvalue weighted by Gasteiger charge is 2.11. The molecule has 0 atom stereocenters. The molecule has 3 nitrogen and oxygen atoms in total. The Morgan fingerprint density at radius 3 is 2.45 bits per heavy atom. The van der Waals surface area contributed by atoms with Gasteiger partial charge in [-0.25, -0.2) is 9.59 Å². The van der Waals surface area contributed by atoms with E-state index in [0.29, 0.717) is 5.57 Å². The molecule has 60 valence electrons. The lowest BCUT2D eigenvalue weighted by Gasteiger charge is -2.00. The second kappa shape index (κ2) is 4.47. The molecular formula is C8H10O3. The van der Waals surface area contributed by atoms with E-state index in [4.69, 9.17) is 0 Å². The topological polar surface area (TPSA) is 43.4 Å². The molecule has 0 aromatic rings. The summed E-state index contributed by atoms with van der Waals surface area (Å²) in [6.45, 7) is 6.89. The maximum absolute atomic E-state index is 10.8. The van der Waals surface area contributed by atoms with Crippen LogP contribution in [0.3, 0.4) is 0 Å². The van der Waals surface area contributed by atoms with Crippen molar-refractivity contribution in [3.05, 3.63) is 17.7 Å². The first-order chi connectivity index (χ1) is 5.13. The van der Waals surface area contributed by atoms with Gasteiger partial charge < -0.3 is 4.74 Å². The number of hydrogen-bond donors (Lipinski definition) is 0. The van der Waals surface area contributed by atoms with Crippen LogP contribution in [0.5, 0.6) is 0 Å². The molecule has 0 aliphatic rings. The molecule has 0 spiro atoms. The summed E-state index contributed by atoms with van der Waals surface area (Å²) in [4.78, 5) is 21.0. The highest BCUT2D eigenvalue weighted by Crippen LogP contribution is 2.03. The van der Waals surface area contributed by atoms with Crippen molar-refractivity contribution in [2.75, 3.05) is 6.61 Å². The Morgan fingerprint density at radius 1 is 1.64 bits per heavy atom. The summed E-state index contributed by atoms with van der Waals surface area (Å²) in [6.07, 6.45) is 0. The minimum atomic E-state index is -0.657. The molecule has 0 aliphatic carbocycles. The summed E-state index contributed by atoms with van der Waals surface area (Å²) in [6, 6.07) is 0. The fourth-order valence-corrected chi connectivity index (χ4v) is 0.506. The van der Waals surface area contributed by atoms with E-state index in [-0.39, 0.29) is 12.2 Å². The van der Waals surface area contributed by atoms with Gasteiger partial charge in [0.25, 0.3) is 0 Å². The normalized spacial score (nSPS) is 8.18. The molecule has 0 aromatic carbocycles. The van der Waals surface area contributed by atoms with E-state index in [1.54, 1.807) is 13.8 Å². The van der Waals surface area contributed by atoms with Crippen LogP contribution < -0.4 is 0 Å². The molecule has 0 N–H and O–H groups in total. The van der Waals surface area contributed by atoms with Crippen molar-refractivity contribution in [3.8, 4) is 0 Å². The third kappa shape index (κ3) is 2.83. The summed E-state index contributed by atoms with van der Waals surface area (Å²) in [7, 11) is 0. The number of ether oxygens (including phenoxy) is 1. The van der Waals surface area contributed by atoms with E-state index in [0.717, 1.165) is 0 Å². The van der Waals surface area contributed by atoms with Gasteiger partial charge in [-0.3, -0.25) is 0 Å². The minimum Gasteiger partial charge on any atom is -0.462 e. The first-order valence-corrected chi connectivity index (χ1v) is 3.21. The van der Waals surface area contributed by atoms with Crippen molar-refractivity contribution >= 4 is 11.9 Å². The molecule has 11 heavy (non-hydrogen) atoms. The van der Waals surface area contributed by atoms with E-state index in [9.17, 15) is 9.59 Å². The van der Waals surface area contributed by atoms with Gasteiger partial charge in [-0.2, -0.15) is 0 Å². The van der Waals surface area contributed by atoms with Crippen molar-refractivity contribution in [2.24, 2.45) is 0 Å². The van der Waals surface area contributed by atoms with Crippen LogP contribution in [0.25, 0.3) is 0 Å². The summed E-state index contributed by atoms with van der Waals surface area (Å²) in [5.74, 6) is 0.821. The Balaban J connectivity index is 4.42. The Kier molecular flexibility index (Phi) is 3.93. The van der Waals surface area contributed by atoms with Crippen molar-refractivity contribution in [1.29, 1.82) is 0 Å². The molecule has 3 heteroatoms. The zero-order valence-corrected chi connectivity index (χ0v) is 6.64. The molecule has 0 saturated carbocycles. The molecule has 0 bridgehead atoms. The molecule has 0 unspecified atom stereocenters. The first-order valence-electron chi connectivity index (χ1n) is 3.21. The predicted molar refractivity (Wildman–Crippen MR) is 40.7 cm³/mol. The van der Waals surface area contributed by atoms with E-state index in [2.05, 4.69) is 11.3 Å². The highest BCUT2D eigenvalue weighted by molar-refractivity contribution is 6.01. The van der Waals surface area contributed by atoms with E-state index in [1.165, 1.54) is 5.94 Å². The Labute approximate surface area is 65.4 Å². The van der Waals surface area contributed by atoms with Crippen molar-refractivity contribution < 1.29 is 14.3 Å². The largest absolute Gasteiger partial charge is 0.462 e. The lowest BCUT2D eigenvalue weighted by atomic mass is 10.2. The Morgan fingerprint density at radius 2 is 2.18 bits per heavy atom. The van der Waals surface area contributed by atoms with Gasteiger partial charge in [0.2, 0.25) is 0 Å². The Bertz CT molecular complexity index is 221. The van der Waals surface area contributed by atoms with Crippen LogP contribution in [-0.4, -0.2) is 18.5 Å². The molecule has 0 heterocycles. The number of hydrogen-bond acceptors (Lipinski definition) is 3. The van der Waals surface area contributed by atoms with Gasteiger partial charge in [0, 0.05) is 0 Å². The molecule has 0 fully saturated rings. The molecular weight excluding hydrogens is 144 g/mol. The van der Waals surface area contributed by atoms with Gasteiger partial charge in [0.05, 0.1) is 6.61 Å². The van der Waals surface area contributed by atoms with E-state index < -0.39 is 5.97 Å². The van der Waals surface area contributed by atoms with Crippen LogP contribution >= 0.6 is 0 Å². The van der Waals surface area contributed by atoms with Gasteiger partial charge in [-0.1, -0.05) is 6.58 Å². The number of carbonyl (C=O) groups excluding carboxylic acids is 2. The maximum Gasteiger partial charge on any atom is 0.349 e. The molecule has 0 aliphatic heterocycles. The van der Waals surface area contributed by atoms with Gasteiger partial charge >= 0.3 is 5.97 Å². The Hall–Kier alpha value is -1.34. The molecule has 0 radical (unpaired) electrons. The average molecular weight is 154 g/mol. The van der Waals surface area contributed by atoms with Crippen molar-refractivity contribution in [2.45, 2.75) is 13.8 Å². The summed E-state index contributed by atoms with van der Waals surface area (Å²) >= 11 is 0. The van der Waals surface area contributed by atoms with Gasteiger partial charge in [-0.15, -0.1) is 0 Å². The van der Waals surface area contributed by atoms with Crippen LogP contribution in [0, 0.1) is 0 Å². The third-order valence-corrected chi connectivity index (χ3v) is 1.01. The summed E-state index contributed by atoms with van der Waals surface area (Å²) < 4.78 is 4.56. The third-order valence-electron chi connectivity index (χ3n) is 1.01. The van der Waals surface area contributed by atoms with Gasteiger partial charge in [-0.05, 0) is 19.4 Å². The zero-order valence-electron chi connectivity index (χ0n) is 6.64. The molecule has 0 aromatic heterocycles. The summed E-state index contributed by atoms with van der Waals surface area (Å²) in [5.41, 5.74) is 0.255. The zero-order chi connectivity index (χ0) is 8.85. The van der Waals surface area contributed by atoms with Crippen molar-refractivity contribution in [1.82, 2.24) is 0 Å². The smallest absolute Gasteiger partial charge is 0.349 e. The average Bonchev–Trinajstić information content (AvgIpc) is 1.88. The number of esters is 1. The quantitative estimate of drug-likeness (QED) is 0.262. The highest BCUT2D eigenvalue weighted by atomic mass is 16.5. The van der Waals surface area contributed by atoms with E-state index in [1.807, 2.05) is 0 Å². The maximum atomic E-state index is 10.8. The van der Waals surface area contributed by atoms with Crippen LogP contribution in [0.15, 0.2) is 17.7 Å². The van der Waals surface area contributed by atoms with Gasteiger partial charge in [0.15, 0.2) is 0 Å². The summed E-state index contributed by atoms with van der Waals surface area (Å²) in [5, 5.41) is 0. The SMILES string of the molecule is C=C(C)C(=C=O)C(=O)OCC. The second-order valence-electron chi connectivity index (χ2n) is 1.98. The van der Waals surface area contributed by atoms with Crippen LogP contribution in [0.1, 0.15) is 13.8 Å². The molecule has 0 rings (SSSR count). The van der Waals surface area contributed by atoms with Crippen LogP contribution in [0.2, 0.25) is 0 Å². The van der Waals surface area contributed by atoms with Crippen molar-refractivity contribution in [3.63, 3.8) is 0 Å². The first kappa shape index (κ1) is 9.66. The molecule has 0 saturated heterocycles. The predicted octanol–water partition coefficient (Wildman–Crippen LogP) is 0.884.